The van der Waals surface area contributed by atoms with E-state index < -0.39 is 5.60 Å². The van der Waals surface area contributed by atoms with Crippen molar-refractivity contribution in [1.29, 1.82) is 0 Å². The lowest BCUT2D eigenvalue weighted by atomic mass is 9.93. The van der Waals surface area contributed by atoms with Crippen LogP contribution < -0.4 is 0 Å². The largest absolute Gasteiger partial charge is 0.385 e. The van der Waals surface area contributed by atoms with Crippen molar-refractivity contribution in [2.75, 3.05) is 0 Å². The van der Waals surface area contributed by atoms with Crippen molar-refractivity contribution in [2.45, 2.75) is 52.6 Å². The third-order valence-corrected chi connectivity index (χ3v) is 4.07. The van der Waals surface area contributed by atoms with Gasteiger partial charge in [-0.15, -0.1) is 11.3 Å². The summed E-state index contributed by atoms with van der Waals surface area (Å²) in [5.41, 5.74) is 0.585. The smallest absolute Gasteiger partial charge is 0.0962 e. The lowest BCUT2D eigenvalue weighted by Gasteiger charge is -2.23. The zero-order valence-corrected chi connectivity index (χ0v) is 11.0. The Morgan fingerprint density at radius 1 is 1.47 bits per heavy atom. The summed E-state index contributed by atoms with van der Waals surface area (Å²) < 4.78 is 0. The average Bonchev–Trinajstić information content (AvgIpc) is 2.50. The number of aliphatic hydroxyl groups is 1. The van der Waals surface area contributed by atoms with Crippen LogP contribution in [-0.2, 0) is 5.60 Å². The van der Waals surface area contributed by atoms with Crippen LogP contribution in [0.2, 0.25) is 0 Å². The summed E-state index contributed by atoms with van der Waals surface area (Å²) >= 11 is 1.67. The number of hydrogen-bond donors (Lipinski definition) is 1. The minimum absolute atomic E-state index is 0.632. The molecule has 0 fully saturated rings. The highest BCUT2D eigenvalue weighted by Gasteiger charge is 2.25. The van der Waals surface area contributed by atoms with Crippen molar-refractivity contribution < 1.29 is 5.11 Å². The van der Waals surface area contributed by atoms with Crippen molar-refractivity contribution in [3.63, 3.8) is 0 Å². The van der Waals surface area contributed by atoms with Gasteiger partial charge in [-0.25, -0.2) is 0 Å². The maximum atomic E-state index is 10.4. The van der Waals surface area contributed by atoms with E-state index in [1.54, 1.807) is 11.3 Å². The molecular weight excluding hydrogens is 204 g/mol. The number of aryl methyl sites for hydroxylation is 1. The fourth-order valence-electron chi connectivity index (χ4n) is 1.89. The van der Waals surface area contributed by atoms with Crippen LogP contribution in [0.25, 0.3) is 0 Å². The molecule has 1 aromatic heterocycles. The fourth-order valence-corrected chi connectivity index (χ4v) is 2.91. The summed E-state index contributed by atoms with van der Waals surface area (Å²) in [5, 5.41) is 12.4. The maximum Gasteiger partial charge on any atom is 0.0962 e. The summed E-state index contributed by atoms with van der Waals surface area (Å²) in [4.78, 5) is 1.13. The molecule has 0 saturated carbocycles. The summed E-state index contributed by atoms with van der Waals surface area (Å²) in [7, 11) is 0. The summed E-state index contributed by atoms with van der Waals surface area (Å²) in [6.45, 7) is 8.46. The van der Waals surface area contributed by atoms with Crippen LogP contribution in [0.4, 0.5) is 0 Å². The standard InChI is InChI=1S/C13H22OS/c1-10(2)6-5-8-13(4,14)12-11(3)7-9-15-12/h7,9-10,14H,5-6,8H2,1-4H3. The van der Waals surface area contributed by atoms with Gasteiger partial charge in [0.15, 0.2) is 0 Å². The van der Waals surface area contributed by atoms with Crippen LogP contribution in [0.1, 0.15) is 50.5 Å². The van der Waals surface area contributed by atoms with Crippen molar-refractivity contribution in [2.24, 2.45) is 5.92 Å². The molecule has 0 aliphatic carbocycles. The molecule has 0 aromatic carbocycles. The van der Waals surface area contributed by atoms with Gasteiger partial charge in [0, 0.05) is 4.88 Å². The summed E-state index contributed by atoms with van der Waals surface area (Å²) in [6.07, 6.45) is 3.16. The van der Waals surface area contributed by atoms with Gasteiger partial charge >= 0.3 is 0 Å². The van der Waals surface area contributed by atoms with E-state index in [4.69, 9.17) is 0 Å². The van der Waals surface area contributed by atoms with Gasteiger partial charge in [0.05, 0.1) is 5.60 Å². The molecule has 0 bridgehead atoms. The highest BCUT2D eigenvalue weighted by atomic mass is 32.1. The molecule has 2 heteroatoms. The first kappa shape index (κ1) is 12.7. The van der Waals surface area contributed by atoms with Gasteiger partial charge in [-0.05, 0) is 49.6 Å². The molecule has 0 amide bonds. The lowest BCUT2D eigenvalue weighted by Crippen LogP contribution is -2.20. The first-order chi connectivity index (χ1) is 6.93. The molecule has 0 radical (unpaired) electrons. The monoisotopic (exact) mass is 226 g/mol. The van der Waals surface area contributed by atoms with Gasteiger partial charge < -0.3 is 5.11 Å². The van der Waals surface area contributed by atoms with E-state index in [0.717, 1.165) is 23.6 Å². The van der Waals surface area contributed by atoms with Crippen LogP contribution in [0, 0.1) is 12.8 Å². The molecule has 1 unspecified atom stereocenters. The summed E-state index contributed by atoms with van der Waals surface area (Å²) in [5.74, 6) is 0.727. The third kappa shape index (κ3) is 3.62. The Kier molecular flexibility index (Phi) is 4.35. The van der Waals surface area contributed by atoms with Gasteiger partial charge in [-0.3, -0.25) is 0 Å². The predicted molar refractivity (Wildman–Crippen MR) is 67.3 cm³/mol. The van der Waals surface area contributed by atoms with E-state index in [9.17, 15) is 5.11 Å². The number of thiophene rings is 1. The first-order valence-electron chi connectivity index (χ1n) is 5.70. The maximum absolute atomic E-state index is 10.4. The van der Waals surface area contributed by atoms with Gasteiger partial charge in [0.25, 0.3) is 0 Å². The SMILES string of the molecule is Cc1ccsc1C(C)(O)CCCC(C)C. The Hall–Kier alpha value is -0.340. The Balaban J connectivity index is 2.56. The van der Waals surface area contributed by atoms with E-state index in [1.807, 2.05) is 6.92 Å². The Bertz CT molecular complexity index is 299. The van der Waals surface area contributed by atoms with E-state index in [-0.39, 0.29) is 0 Å². The topological polar surface area (TPSA) is 20.2 Å². The van der Waals surface area contributed by atoms with Gasteiger partial charge in [-0.1, -0.05) is 20.3 Å². The highest BCUT2D eigenvalue weighted by molar-refractivity contribution is 7.10. The third-order valence-electron chi connectivity index (χ3n) is 2.80. The molecular formula is C13H22OS. The molecule has 1 heterocycles. The molecule has 1 rings (SSSR count). The van der Waals surface area contributed by atoms with Crippen LogP contribution in [0.3, 0.4) is 0 Å². The molecule has 1 nitrogen and oxygen atoms in total. The van der Waals surface area contributed by atoms with Crippen LogP contribution >= 0.6 is 11.3 Å². The zero-order chi connectivity index (χ0) is 11.5. The molecule has 1 N–H and O–H groups in total. The molecule has 1 aromatic rings. The van der Waals surface area contributed by atoms with Gasteiger partial charge in [-0.2, -0.15) is 0 Å². The van der Waals surface area contributed by atoms with Crippen molar-refractivity contribution in [1.82, 2.24) is 0 Å². The zero-order valence-electron chi connectivity index (χ0n) is 10.2. The Morgan fingerprint density at radius 2 is 2.13 bits per heavy atom. The molecule has 86 valence electrons. The molecule has 0 saturated heterocycles. The minimum atomic E-state index is -0.632. The van der Waals surface area contributed by atoms with Crippen LogP contribution in [0.15, 0.2) is 11.4 Å². The Labute approximate surface area is 97.2 Å². The van der Waals surface area contributed by atoms with Crippen LogP contribution in [-0.4, -0.2) is 5.11 Å². The lowest BCUT2D eigenvalue weighted by molar-refractivity contribution is 0.0473. The average molecular weight is 226 g/mol. The normalized spacial score (nSPS) is 15.6. The second-order valence-corrected chi connectivity index (χ2v) is 5.91. The number of rotatable bonds is 5. The van der Waals surface area contributed by atoms with Crippen molar-refractivity contribution >= 4 is 11.3 Å². The summed E-state index contributed by atoms with van der Waals surface area (Å²) in [6, 6.07) is 2.08. The number of hydrogen-bond acceptors (Lipinski definition) is 2. The molecule has 15 heavy (non-hydrogen) atoms. The molecule has 0 spiro atoms. The minimum Gasteiger partial charge on any atom is -0.385 e. The molecule has 1 atom stereocenters. The van der Waals surface area contributed by atoms with E-state index in [1.165, 1.54) is 12.0 Å². The second-order valence-electron chi connectivity index (χ2n) is 4.99. The predicted octanol–water partition coefficient (Wildman–Crippen LogP) is 4.09. The molecule has 0 aliphatic heterocycles. The quantitative estimate of drug-likeness (QED) is 0.801. The fraction of sp³-hybridized carbons (Fsp3) is 0.692. The van der Waals surface area contributed by atoms with Crippen LogP contribution in [0.5, 0.6) is 0 Å². The van der Waals surface area contributed by atoms with E-state index in [0.29, 0.717) is 0 Å². The van der Waals surface area contributed by atoms with Crippen molar-refractivity contribution in [3.8, 4) is 0 Å². The van der Waals surface area contributed by atoms with E-state index >= 15 is 0 Å². The molecule has 0 aliphatic rings. The highest BCUT2D eigenvalue weighted by Crippen LogP contribution is 2.33. The van der Waals surface area contributed by atoms with E-state index in [2.05, 4.69) is 32.2 Å². The van der Waals surface area contributed by atoms with Gasteiger partial charge in [0.2, 0.25) is 0 Å². The van der Waals surface area contributed by atoms with Crippen molar-refractivity contribution in [3.05, 3.63) is 21.9 Å². The second kappa shape index (κ2) is 5.13. The van der Waals surface area contributed by atoms with Gasteiger partial charge in [0.1, 0.15) is 0 Å². The first-order valence-corrected chi connectivity index (χ1v) is 6.58. The Morgan fingerprint density at radius 3 is 2.60 bits per heavy atom.